The molecule has 2 rings (SSSR count). The Morgan fingerprint density at radius 2 is 2.43 bits per heavy atom. The summed E-state index contributed by atoms with van der Waals surface area (Å²) in [5.41, 5.74) is 6.14. The fourth-order valence-electron chi connectivity index (χ4n) is 1.92. The first-order chi connectivity index (χ1) is 6.81. The fraction of sp³-hybridized carbons (Fsp3) is 0.636. The Morgan fingerprint density at radius 3 is 2.93 bits per heavy atom. The SMILES string of the molecule is COC(C(N)Cc1cccs1)C1CC1. The molecule has 0 aromatic carbocycles. The van der Waals surface area contributed by atoms with Crippen molar-refractivity contribution in [3.63, 3.8) is 0 Å². The zero-order valence-corrected chi connectivity index (χ0v) is 9.30. The molecule has 2 N–H and O–H groups in total. The van der Waals surface area contributed by atoms with Crippen molar-refractivity contribution in [1.29, 1.82) is 0 Å². The molecule has 0 spiro atoms. The van der Waals surface area contributed by atoms with Gasteiger partial charge in [0.15, 0.2) is 0 Å². The highest BCUT2D eigenvalue weighted by Crippen LogP contribution is 2.35. The molecule has 14 heavy (non-hydrogen) atoms. The predicted molar refractivity (Wildman–Crippen MR) is 59.5 cm³/mol. The van der Waals surface area contributed by atoms with Crippen molar-refractivity contribution in [2.24, 2.45) is 11.7 Å². The van der Waals surface area contributed by atoms with Crippen LogP contribution in [0.25, 0.3) is 0 Å². The van der Waals surface area contributed by atoms with Crippen molar-refractivity contribution in [1.82, 2.24) is 0 Å². The van der Waals surface area contributed by atoms with Crippen LogP contribution in [0.1, 0.15) is 17.7 Å². The maximum atomic E-state index is 6.14. The number of rotatable bonds is 5. The van der Waals surface area contributed by atoms with Gasteiger partial charge < -0.3 is 10.5 Å². The van der Waals surface area contributed by atoms with Crippen molar-refractivity contribution in [2.45, 2.75) is 31.4 Å². The fourth-order valence-corrected chi connectivity index (χ4v) is 2.70. The van der Waals surface area contributed by atoms with Gasteiger partial charge in [0, 0.05) is 18.0 Å². The number of hydrogen-bond acceptors (Lipinski definition) is 3. The van der Waals surface area contributed by atoms with E-state index in [2.05, 4.69) is 17.5 Å². The minimum atomic E-state index is 0.158. The Bertz CT molecular complexity index is 269. The smallest absolute Gasteiger partial charge is 0.0753 e. The van der Waals surface area contributed by atoms with Crippen LogP contribution in [0.15, 0.2) is 17.5 Å². The summed E-state index contributed by atoms with van der Waals surface area (Å²) in [7, 11) is 1.78. The zero-order valence-electron chi connectivity index (χ0n) is 8.48. The molecule has 2 atom stereocenters. The van der Waals surface area contributed by atoms with Crippen LogP contribution in [-0.4, -0.2) is 19.3 Å². The highest BCUT2D eigenvalue weighted by atomic mass is 32.1. The molecule has 1 fully saturated rings. The number of methoxy groups -OCH3 is 1. The summed E-state index contributed by atoms with van der Waals surface area (Å²) in [4.78, 5) is 1.36. The van der Waals surface area contributed by atoms with Crippen molar-refractivity contribution >= 4 is 11.3 Å². The van der Waals surface area contributed by atoms with Gasteiger partial charge in [-0.05, 0) is 36.6 Å². The van der Waals surface area contributed by atoms with Crippen molar-refractivity contribution in [3.05, 3.63) is 22.4 Å². The maximum Gasteiger partial charge on any atom is 0.0753 e. The van der Waals surface area contributed by atoms with Crippen LogP contribution in [0.5, 0.6) is 0 Å². The molecule has 2 unspecified atom stereocenters. The van der Waals surface area contributed by atoms with Gasteiger partial charge in [0.25, 0.3) is 0 Å². The van der Waals surface area contributed by atoms with Gasteiger partial charge in [-0.2, -0.15) is 0 Å². The normalized spacial score (nSPS) is 20.7. The predicted octanol–water partition coefficient (Wildman–Crippen LogP) is 2.04. The monoisotopic (exact) mass is 211 g/mol. The molecule has 0 saturated heterocycles. The molecule has 3 heteroatoms. The third-order valence-corrected chi connectivity index (χ3v) is 3.70. The van der Waals surface area contributed by atoms with Crippen LogP contribution in [0.3, 0.4) is 0 Å². The van der Waals surface area contributed by atoms with Crippen molar-refractivity contribution in [3.8, 4) is 0 Å². The maximum absolute atomic E-state index is 6.14. The van der Waals surface area contributed by atoms with E-state index in [9.17, 15) is 0 Å². The Kier molecular flexibility index (Phi) is 3.21. The van der Waals surface area contributed by atoms with E-state index in [1.54, 1.807) is 18.4 Å². The Labute approximate surface area is 89.1 Å². The first kappa shape index (κ1) is 10.1. The Balaban J connectivity index is 1.90. The van der Waals surface area contributed by atoms with E-state index in [0.29, 0.717) is 0 Å². The highest BCUT2D eigenvalue weighted by Gasteiger charge is 2.35. The average molecular weight is 211 g/mol. The lowest BCUT2D eigenvalue weighted by atomic mass is 10.0. The summed E-state index contributed by atoms with van der Waals surface area (Å²) in [6.07, 6.45) is 3.79. The van der Waals surface area contributed by atoms with Crippen LogP contribution < -0.4 is 5.73 Å². The van der Waals surface area contributed by atoms with Crippen LogP contribution in [0.2, 0.25) is 0 Å². The summed E-state index contributed by atoms with van der Waals surface area (Å²) in [6, 6.07) is 4.38. The van der Waals surface area contributed by atoms with Crippen LogP contribution in [0, 0.1) is 5.92 Å². The summed E-state index contributed by atoms with van der Waals surface area (Å²) in [5, 5.41) is 2.10. The number of thiophene rings is 1. The second kappa shape index (κ2) is 4.43. The van der Waals surface area contributed by atoms with E-state index in [1.807, 2.05) is 0 Å². The minimum Gasteiger partial charge on any atom is -0.380 e. The molecule has 1 heterocycles. The molecule has 2 nitrogen and oxygen atoms in total. The van der Waals surface area contributed by atoms with E-state index in [0.717, 1.165) is 12.3 Å². The quantitative estimate of drug-likeness (QED) is 0.809. The van der Waals surface area contributed by atoms with Gasteiger partial charge in [-0.25, -0.2) is 0 Å². The molecule has 1 aromatic heterocycles. The van der Waals surface area contributed by atoms with Crippen molar-refractivity contribution in [2.75, 3.05) is 7.11 Å². The summed E-state index contributed by atoms with van der Waals surface area (Å²) >= 11 is 1.78. The molecular weight excluding hydrogens is 194 g/mol. The average Bonchev–Trinajstić information content (AvgIpc) is 2.86. The molecule has 1 aliphatic carbocycles. The largest absolute Gasteiger partial charge is 0.380 e. The van der Waals surface area contributed by atoms with Gasteiger partial charge in [-0.15, -0.1) is 11.3 Å². The van der Waals surface area contributed by atoms with Gasteiger partial charge in [0.2, 0.25) is 0 Å². The molecular formula is C11H17NOS. The van der Waals surface area contributed by atoms with Gasteiger partial charge in [-0.3, -0.25) is 0 Å². The van der Waals surface area contributed by atoms with E-state index in [1.165, 1.54) is 17.7 Å². The van der Waals surface area contributed by atoms with Crippen LogP contribution in [-0.2, 0) is 11.2 Å². The lowest BCUT2D eigenvalue weighted by Gasteiger charge is -2.21. The molecule has 1 aromatic rings. The van der Waals surface area contributed by atoms with Gasteiger partial charge in [-0.1, -0.05) is 6.07 Å². The lowest BCUT2D eigenvalue weighted by Crippen LogP contribution is -2.39. The first-order valence-corrected chi connectivity index (χ1v) is 6.00. The molecule has 0 aliphatic heterocycles. The highest BCUT2D eigenvalue weighted by molar-refractivity contribution is 7.09. The van der Waals surface area contributed by atoms with Gasteiger partial charge in [0.05, 0.1) is 6.10 Å². The zero-order chi connectivity index (χ0) is 9.97. The first-order valence-electron chi connectivity index (χ1n) is 5.12. The topological polar surface area (TPSA) is 35.2 Å². The standard InChI is InChI=1S/C11H17NOS/c1-13-11(8-4-5-8)10(12)7-9-3-2-6-14-9/h2-3,6,8,10-11H,4-5,7,12H2,1H3. The van der Waals surface area contributed by atoms with E-state index in [4.69, 9.17) is 10.5 Å². The number of hydrogen-bond donors (Lipinski definition) is 1. The second-order valence-electron chi connectivity index (χ2n) is 3.99. The minimum absolute atomic E-state index is 0.158. The lowest BCUT2D eigenvalue weighted by molar-refractivity contribution is 0.0629. The van der Waals surface area contributed by atoms with Gasteiger partial charge >= 0.3 is 0 Å². The summed E-state index contributed by atoms with van der Waals surface area (Å²) in [5.74, 6) is 0.718. The molecule has 1 aliphatic rings. The van der Waals surface area contributed by atoms with Crippen LogP contribution >= 0.6 is 11.3 Å². The van der Waals surface area contributed by atoms with E-state index >= 15 is 0 Å². The third-order valence-electron chi connectivity index (χ3n) is 2.80. The Hall–Kier alpha value is -0.380. The van der Waals surface area contributed by atoms with Gasteiger partial charge in [0.1, 0.15) is 0 Å². The van der Waals surface area contributed by atoms with E-state index < -0.39 is 0 Å². The molecule has 0 radical (unpaired) electrons. The molecule has 0 bridgehead atoms. The number of ether oxygens (including phenoxy) is 1. The molecule has 78 valence electrons. The molecule has 0 amide bonds. The van der Waals surface area contributed by atoms with Crippen LogP contribution in [0.4, 0.5) is 0 Å². The van der Waals surface area contributed by atoms with Crippen molar-refractivity contribution < 1.29 is 4.74 Å². The Morgan fingerprint density at radius 1 is 1.64 bits per heavy atom. The second-order valence-corrected chi connectivity index (χ2v) is 5.02. The summed E-state index contributed by atoms with van der Waals surface area (Å²) in [6.45, 7) is 0. The van der Waals surface area contributed by atoms with E-state index in [-0.39, 0.29) is 12.1 Å². The molecule has 1 saturated carbocycles. The number of nitrogens with two attached hydrogens (primary N) is 1. The summed E-state index contributed by atoms with van der Waals surface area (Å²) < 4.78 is 5.46. The third kappa shape index (κ3) is 2.35.